The van der Waals surface area contributed by atoms with Crippen LogP contribution in [0.3, 0.4) is 0 Å². The Hall–Kier alpha value is -4.14. The number of aliphatic carboxylic acids is 1. The second-order valence-corrected chi connectivity index (χ2v) is 7.76. The van der Waals surface area contributed by atoms with Gasteiger partial charge in [-0.1, -0.05) is 55.5 Å². The summed E-state index contributed by atoms with van der Waals surface area (Å²) in [5.74, 6) is -1.66. The van der Waals surface area contributed by atoms with Gasteiger partial charge in [0.2, 0.25) is 0 Å². The fraction of sp³-hybridized carbons (Fsp3) is 0.250. The Balaban J connectivity index is 1.41. The number of benzene rings is 2. The molecule has 0 saturated heterocycles. The predicted octanol–water partition coefficient (Wildman–Crippen LogP) is 3.37. The zero-order valence-electron chi connectivity index (χ0n) is 18.2. The van der Waals surface area contributed by atoms with Crippen molar-refractivity contribution in [3.63, 3.8) is 0 Å². The van der Waals surface area contributed by atoms with E-state index in [0.717, 1.165) is 22.3 Å². The number of anilines is 1. The summed E-state index contributed by atoms with van der Waals surface area (Å²) in [5.41, 5.74) is 4.59. The lowest BCUT2D eigenvalue weighted by Gasteiger charge is -2.14. The molecule has 4 rings (SSSR count). The number of nitrogens with zero attached hydrogens (tertiary/aromatic N) is 2. The lowest BCUT2D eigenvalue weighted by atomic mass is 9.98. The number of aryl methyl sites for hydroxylation is 1. The van der Waals surface area contributed by atoms with Crippen LogP contribution in [0.2, 0.25) is 0 Å². The number of rotatable bonds is 7. The molecule has 2 amide bonds. The minimum Gasteiger partial charge on any atom is -0.480 e. The number of carbonyl (C=O) groups is 3. The highest BCUT2D eigenvalue weighted by atomic mass is 16.5. The van der Waals surface area contributed by atoms with E-state index < -0.39 is 24.0 Å². The van der Waals surface area contributed by atoms with Crippen LogP contribution in [0.1, 0.15) is 40.9 Å². The number of carboxylic acids is 1. The molecule has 0 saturated carbocycles. The number of hydrogen-bond acceptors (Lipinski definition) is 5. The SMILES string of the molecule is CC[C@@H](NC(=O)c1cc(NC(=O)OCC2c3ccccc3-c3ccccc32)nn1C)C(=O)O. The second kappa shape index (κ2) is 9.15. The van der Waals surface area contributed by atoms with E-state index in [1.807, 2.05) is 36.4 Å². The first-order valence-electron chi connectivity index (χ1n) is 10.6. The van der Waals surface area contributed by atoms with Crippen LogP contribution in [0.15, 0.2) is 54.6 Å². The van der Waals surface area contributed by atoms with E-state index in [1.165, 1.54) is 17.8 Å². The van der Waals surface area contributed by atoms with E-state index in [9.17, 15) is 14.4 Å². The third-order valence-electron chi connectivity index (χ3n) is 5.70. The number of carbonyl (C=O) groups excluding carboxylic acids is 2. The normalized spacial score (nSPS) is 13.0. The number of fused-ring (bicyclic) bond motifs is 3. The maximum absolute atomic E-state index is 12.4. The number of nitrogens with one attached hydrogen (secondary N) is 2. The van der Waals surface area contributed by atoms with Gasteiger partial charge in [0.05, 0.1) is 0 Å². The van der Waals surface area contributed by atoms with Gasteiger partial charge in [0.1, 0.15) is 18.3 Å². The fourth-order valence-electron chi connectivity index (χ4n) is 4.05. The van der Waals surface area contributed by atoms with E-state index in [2.05, 4.69) is 27.9 Å². The first-order valence-corrected chi connectivity index (χ1v) is 10.6. The monoisotopic (exact) mass is 448 g/mol. The Morgan fingerprint density at radius 2 is 1.70 bits per heavy atom. The number of hydrogen-bond donors (Lipinski definition) is 3. The third kappa shape index (κ3) is 4.43. The van der Waals surface area contributed by atoms with Crippen LogP contribution in [0.25, 0.3) is 11.1 Å². The molecule has 3 N–H and O–H groups in total. The van der Waals surface area contributed by atoms with Crippen molar-refractivity contribution >= 4 is 23.8 Å². The number of aromatic nitrogens is 2. The molecule has 1 aliphatic rings. The Morgan fingerprint density at radius 1 is 1.09 bits per heavy atom. The fourth-order valence-corrected chi connectivity index (χ4v) is 4.05. The van der Waals surface area contributed by atoms with Crippen molar-refractivity contribution in [2.75, 3.05) is 11.9 Å². The quantitative estimate of drug-likeness (QED) is 0.509. The van der Waals surface area contributed by atoms with Gasteiger partial charge in [0.15, 0.2) is 5.82 Å². The van der Waals surface area contributed by atoms with Crippen LogP contribution in [0.5, 0.6) is 0 Å². The van der Waals surface area contributed by atoms with E-state index >= 15 is 0 Å². The summed E-state index contributed by atoms with van der Waals surface area (Å²) in [6, 6.07) is 16.4. The minimum absolute atomic E-state index is 0.0739. The summed E-state index contributed by atoms with van der Waals surface area (Å²) in [7, 11) is 1.53. The summed E-state index contributed by atoms with van der Waals surface area (Å²) in [4.78, 5) is 36.0. The largest absolute Gasteiger partial charge is 0.480 e. The molecule has 3 aromatic rings. The number of ether oxygens (including phenoxy) is 1. The minimum atomic E-state index is -1.12. The highest BCUT2D eigenvalue weighted by molar-refractivity contribution is 5.96. The standard InChI is InChI=1S/C24H24N4O5/c1-3-19(23(30)31)25-22(29)20-12-21(27-28(20)2)26-24(32)33-13-18-16-10-6-4-8-14(16)15-9-5-7-11-17(15)18/h4-12,18-19H,3,13H2,1-2H3,(H,25,29)(H,30,31)(H,26,27,32)/t19-/m1/s1. The van der Waals surface area contributed by atoms with Crippen molar-refractivity contribution in [3.8, 4) is 11.1 Å². The average molecular weight is 448 g/mol. The average Bonchev–Trinajstić information content (AvgIpc) is 3.33. The van der Waals surface area contributed by atoms with Crippen LogP contribution in [-0.4, -0.2) is 45.5 Å². The molecule has 0 aliphatic heterocycles. The van der Waals surface area contributed by atoms with Crippen molar-refractivity contribution in [3.05, 3.63) is 71.4 Å². The summed E-state index contributed by atoms with van der Waals surface area (Å²) >= 11 is 0. The third-order valence-corrected chi connectivity index (χ3v) is 5.70. The van der Waals surface area contributed by atoms with Gasteiger partial charge in [-0.3, -0.25) is 14.8 Å². The molecule has 1 atom stereocenters. The topological polar surface area (TPSA) is 123 Å². The van der Waals surface area contributed by atoms with Gasteiger partial charge in [-0.05, 0) is 28.7 Å². The molecule has 9 nitrogen and oxygen atoms in total. The van der Waals surface area contributed by atoms with E-state index in [-0.39, 0.29) is 30.5 Å². The smallest absolute Gasteiger partial charge is 0.412 e. The Labute approximate surface area is 190 Å². The predicted molar refractivity (Wildman–Crippen MR) is 121 cm³/mol. The van der Waals surface area contributed by atoms with E-state index in [1.54, 1.807) is 6.92 Å². The molecule has 0 spiro atoms. The van der Waals surface area contributed by atoms with Gasteiger partial charge in [-0.2, -0.15) is 5.10 Å². The molecule has 33 heavy (non-hydrogen) atoms. The van der Waals surface area contributed by atoms with Gasteiger partial charge in [0.25, 0.3) is 5.91 Å². The van der Waals surface area contributed by atoms with Gasteiger partial charge in [-0.25, -0.2) is 9.59 Å². The zero-order chi connectivity index (χ0) is 23.5. The molecule has 9 heteroatoms. The molecule has 1 aromatic heterocycles. The maximum Gasteiger partial charge on any atom is 0.412 e. The Bertz CT molecular complexity index is 1170. The summed E-state index contributed by atoms with van der Waals surface area (Å²) in [5, 5.41) is 18.2. The molecule has 170 valence electrons. The van der Waals surface area contributed by atoms with Crippen molar-refractivity contribution in [2.45, 2.75) is 25.3 Å². The number of carboxylic acid groups (broad SMARTS) is 1. The summed E-state index contributed by atoms with van der Waals surface area (Å²) < 4.78 is 6.76. The molecule has 0 fully saturated rings. The van der Waals surface area contributed by atoms with Gasteiger partial charge < -0.3 is 15.2 Å². The molecule has 0 bridgehead atoms. The zero-order valence-corrected chi connectivity index (χ0v) is 18.2. The van der Waals surface area contributed by atoms with Crippen molar-refractivity contribution < 1.29 is 24.2 Å². The number of amides is 2. The molecule has 0 radical (unpaired) electrons. The Morgan fingerprint density at radius 3 is 2.27 bits per heavy atom. The van der Waals surface area contributed by atoms with Crippen molar-refractivity contribution in [2.24, 2.45) is 7.05 Å². The molecular formula is C24H24N4O5. The maximum atomic E-state index is 12.4. The molecule has 1 aliphatic carbocycles. The van der Waals surface area contributed by atoms with Crippen LogP contribution in [-0.2, 0) is 16.6 Å². The highest BCUT2D eigenvalue weighted by Crippen LogP contribution is 2.44. The Kier molecular flexibility index (Phi) is 6.12. The highest BCUT2D eigenvalue weighted by Gasteiger charge is 2.29. The van der Waals surface area contributed by atoms with E-state index in [0.29, 0.717) is 0 Å². The summed E-state index contributed by atoms with van der Waals surface area (Å²) in [6.45, 7) is 1.81. The van der Waals surface area contributed by atoms with Crippen molar-refractivity contribution in [1.29, 1.82) is 0 Å². The lowest BCUT2D eigenvalue weighted by molar-refractivity contribution is -0.139. The van der Waals surface area contributed by atoms with Crippen molar-refractivity contribution in [1.82, 2.24) is 15.1 Å². The molecule has 2 aromatic carbocycles. The molecule has 0 unspecified atom stereocenters. The summed E-state index contributed by atoms with van der Waals surface area (Å²) in [6.07, 6.45) is -0.456. The van der Waals surface area contributed by atoms with Crippen LogP contribution in [0, 0.1) is 0 Å². The van der Waals surface area contributed by atoms with Crippen LogP contribution in [0.4, 0.5) is 10.6 Å². The second-order valence-electron chi connectivity index (χ2n) is 7.76. The lowest BCUT2D eigenvalue weighted by Crippen LogP contribution is -2.40. The molecular weight excluding hydrogens is 424 g/mol. The van der Waals surface area contributed by atoms with Crippen LogP contribution < -0.4 is 10.6 Å². The van der Waals surface area contributed by atoms with Gasteiger partial charge in [-0.15, -0.1) is 0 Å². The van der Waals surface area contributed by atoms with Gasteiger partial charge in [0, 0.05) is 19.0 Å². The first kappa shape index (κ1) is 22.1. The van der Waals surface area contributed by atoms with Gasteiger partial charge >= 0.3 is 12.1 Å². The van der Waals surface area contributed by atoms with Crippen LogP contribution >= 0.6 is 0 Å². The van der Waals surface area contributed by atoms with E-state index in [4.69, 9.17) is 9.84 Å². The molecule has 1 heterocycles. The first-order chi connectivity index (χ1) is 15.9.